The molecule has 1 heterocycles. The van der Waals surface area contributed by atoms with Crippen molar-refractivity contribution in [3.05, 3.63) is 64.6 Å². The molecule has 1 aliphatic rings. The molecule has 1 aliphatic heterocycles. The van der Waals surface area contributed by atoms with Gasteiger partial charge in [-0.3, -0.25) is 14.5 Å². The Hall–Kier alpha value is -4.41. The molecular formula is C31H34BrN3O8. The third-order valence-corrected chi connectivity index (χ3v) is 7.16. The molecule has 1 N–H and O–H groups in total. The van der Waals surface area contributed by atoms with Crippen LogP contribution in [-0.4, -0.2) is 67.4 Å². The van der Waals surface area contributed by atoms with Crippen LogP contribution >= 0.6 is 15.9 Å². The van der Waals surface area contributed by atoms with Crippen LogP contribution in [0.15, 0.2) is 59.1 Å². The van der Waals surface area contributed by atoms with E-state index in [1.54, 1.807) is 45.8 Å². The first-order chi connectivity index (χ1) is 20.3. The molecule has 2 atom stereocenters. The van der Waals surface area contributed by atoms with Gasteiger partial charge in [-0.1, -0.05) is 40.2 Å². The molecule has 0 unspecified atom stereocenters. The van der Waals surface area contributed by atoms with Crippen LogP contribution in [0.25, 0.3) is 10.8 Å². The number of nitrogens with zero attached hydrogens (tertiary/aromatic N) is 2. The van der Waals surface area contributed by atoms with Crippen LogP contribution in [-0.2, 0) is 30.5 Å². The van der Waals surface area contributed by atoms with E-state index in [0.29, 0.717) is 17.2 Å². The van der Waals surface area contributed by atoms with E-state index in [1.807, 2.05) is 48.5 Å². The minimum absolute atomic E-state index is 0.0689. The zero-order valence-electron chi connectivity index (χ0n) is 24.8. The minimum Gasteiger partial charge on any atom is -0.496 e. The van der Waals surface area contributed by atoms with Crippen molar-refractivity contribution < 1.29 is 38.2 Å². The highest BCUT2D eigenvalue weighted by Gasteiger charge is 2.35. The molecule has 4 rings (SSSR count). The average molecular weight is 657 g/mol. The van der Waals surface area contributed by atoms with E-state index in [9.17, 15) is 14.4 Å². The van der Waals surface area contributed by atoms with Crippen molar-refractivity contribution >= 4 is 56.4 Å². The number of anilines is 1. The number of likely N-dealkylation sites (N-methyl/N-ethyl adjacent to an activating group) is 1. The van der Waals surface area contributed by atoms with E-state index in [-0.39, 0.29) is 25.2 Å². The molecule has 0 spiro atoms. The predicted octanol–water partition coefficient (Wildman–Crippen LogP) is 4.69. The van der Waals surface area contributed by atoms with Crippen LogP contribution in [0.2, 0.25) is 0 Å². The largest absolute Gasteiger partial charge is 0.496 e. The molecule has 0 radical (unpaired) electrons. The zero-order chi connectivity index (χ0) is 31.9. The van der Waals surface area contributed by atoms with Crippen LogP contribution < -0.4 is 19.7 Å². The fraction of sp³-hybridized carbons (Fsp3) is 0.355. The summed E-state index contributed by atoms with van der Waals surface area (Å²) >= 11 is 3.52. The molecule has 3 aromatic carbocycles. The van der Waals surface area contributed by atoms with E-state index in [1.165, 1.54) is 11.9 Å². The quantitative estimate of drug-likeness (QED) is 0.405. The molecule has 228 valence electrons. The highest BCUT2D eigenvalue weighted by atomic mass is 79.9. The van der Waals surface area contributed by atoms with E-state index in [0.717, 1.165) is 20.8 Å². The van der Waals surface area contributed by atoms with Gasteiger partial charge in [0.15, 0.2) is 0 Å². The molecule has 0 saturated carbocycles. The van der Waals surface area contributed by atoms with Crippen LogP contribution in [0.5, 0.6) is 11.5 Å². The number of hydrogen-bond acceptors (Lipinski definition) is 8. The van der Waals surface area contributed by atoms with Crippen molar-refractivity contribution in [2.45, 2.75) is 51.9 Å². The molecule has 11 nitrogen and oxygen atoms in total. The van der Waals surface area contributed by atoms with Gasteiger partial charge in [0.05, 0.1) is 19.3 Å². The number of fused-ring (bicyclic) bond motifs is 2. The Bertz CT molecular complexity index is 1530. The molecule has 3 aromatic rings. The molecule has 43 heavy (non-hydrogen) atoms. The number of rotatable bonds is 6. The number of methoxy groups -OCH3 is 1. The number of para-hydroxylation sites is 2. The molecule has 3 amide bonds. The van der Waals surface area contributed by atoms with Gasteiger partial charge < -0.3 is 24.4 Å². The Labute approximate surface area is 258 Å². The Kier molecular flexibility index (Phi) is 10.9. The summed E-state index contributed by atoms with van der Waals surface area (Å²) in [6.07, 6.45) is -0.387. The van der Waals surface area contributed by atoms with Crippen molar-refractivity contribution in [2.24, 2.45) is 0 Å². The lowest BCUT2D eigenvalue weighted by atomic mass is 10.0. The normalized spacial score (nSPS) is 15.0. The molecule has 0 aliphatic carbocycles. The number of halogens is 1. The lowest BCUT2D eigenvalue weighted by molar-refractivity contribution is -0.191. The molecule has 0 bridgehead atoms. The predicted molar refractivity (Wildman–Crippen MR) is 162 cm³/mol. The smallest absolute Gasteiger partial charge is 0.410 e. The first kappa shape index (κ1) is 33.1. The Morgan fingerprint density at radius 3 is 2.49 bits per heavy atom. The SMILES string of the molecule is COc1ccc2cc(Br)ccc2c1CN1C(=O)[C@@H](NC(=O)[C@H](C)N(C)C(=O)OC(C)(C)C)COc2ccccc21.O=C=O. The van der Waals surface area contributed by atoms with Crippen LogP contribution in [0.3, 0.4) is 0 Å². The molecule has 0 saturated heterocycles. The van der Waals surface area contributed by atoms with Gasteiger partial charge in [-0.05, 0) is 68.8 Å². The van der Waals surface area contributed by atoms with Crippen molar-refractivity contribution in [1.82, 2.24) is 10.2 Å². The summed E-state index contributed by atoms with van der Waals surface area (Å²) < 4.78 is 18.0. The van der Waals surface area contributed by atoms with Crippen LogP contribution in [0.4, 0.5) is 10.5 Å². The highest BCUT2D eigenvalue weighted by molar-refractivity contribution is 9.10. The number of ether oxygens (including phenoxy) is 3. The van der Waals surface area contributed by atoms with Gasteiger partial charge >= 0.3 is 12.2 Å². The summed E-state index contributed by atoms with van der Waals surface area (Å²) in [5.74, 6) is 0.308. The zero-order valence-corrected chi connectivity index (χ0v) is 26.4. The first-order valence-electron chi connectivity index (χ1n) is 13.3. The summed E-state index contributed by atoms with van der Waals surface area (Å²) in [5.41, 5.74) is 0.692. The van der Waals surface area contributed by atoms with Crippen LogP contribution in [0, 0.1) is 0 Å². The summed E-state index contributed by atoms with van der Waals surface area (Å²) in [7, 11) is 3.08. The first-order valence-corrected chi connectivity index (χ1v) is 14.1. The molecule has 12 heteroatoms. The van der Waals surface area contributed by atoms with Crippen LogP contribution in [0.1, 0.15) is 33.3 Å². The summed E-state index contributed by atoms with van der Waals surface area (Å²) in [5, 5.41) is 4.71. The second-order valence-electron chi connectivity index (χ2n) is 10.7. The highest BCUT2D eigenvalue weighted by Crippen LogP contribution is 2.36. The fourth-order valence-electron chi connectivity index (χ4n) is 4.44. The summed E-state index contributed by atoms with van der Waals surface area (Å²) in [6.45, 7) is 6.94. The second-order valence-corrected chi connectivity index (χ2v) is 11.6. The second kappa shape index (κ2) is 14.2. The van der Waals surface area contributed by atoms with E-state index in [4.69, 9.17) is 23.8 Å². The monoisotopic (exact) mass is 655 g/mol. The third-order valence-electron chi connectivity index (χ3n) is 6.67. The van der Waals surface area contributed by atoms with Gasteiger partial charge in [0.2, 0.25) is 5.91 Å². The lowest BCUT2D eigenvalue weighted by Crippen LogP contribution is -2.55. The minimum atomic E-state index is -0.996. The molecule has 0 aromatic heterocycles. The average Bonchev–Trinajstić information content (AvgIpc) is 3.08. The Morgan fingerprint density at radius 1 is 1.16 bits per heavy atom. The number of nitrogens with one attached hydrogen (secondary N) is 1. The lowest BCUT2D eigenvalue weighted by Gasteiger charge is -2.30. The summed E-state index contributed by atoms with van der Waals surface area (Å²) in [4.78, 5) is 58.8. The van der Waals surface area contributed by atoms with Crippen molar-refractivity contribution in [2.75, 3.05) is 25.7 Å². The molecular weight excluding hydrogens is 622 g/mol. The topological polar surface area (TPSA) is 132 Å². The maximum absolute atomic E-state index is 14.0. The van der Waals surface area contributed by atoms with Gasteiger partial charge in [0.1, 0.15) is 35.8 Å². The number of benzene rings is 3. The van der Waals surface area contributed by atoms with E-state index < -0.39 is 29.7 Å². The van der Waals surface area contributed by atoms with Crippen molar-refractivity contribution in [1.29, 1.82) is 0 Å². The van der Waals surface area contributed by atoms with Gasteiger partial charge in [-0.15, -0.1) is 0 Å². The number of hydrogen-bond donors (Lipinski definition) is 1. The third kappa shape index (κ3) is 8.12. The fourth-order valence-corrected chi connectivity index (χ4v) is 4.82. The standard InChI is InChI=1S/C30H34BrN3O6.CO2/c1-18(33(5)29(37)40-30(2,3)4)27(35)32-23-17-39-26-10-8-7-9-24(26)34(28(23)36)16-22-21-13-12-20(31)15-19(21)11-14-25(22)38-6;2-1-3/h7-15,18,23H,16-17H2,1-6H3,(H,32,35);/t18-,23-;/m0./s1. The number of carbonyl (C=O) groups is 3. The number of amides is 3. The van der Waals surface area contributed by atoms with Crippen molar-refractivity contribution in [3.8, 4) is 11.5 Å². The maximum Gasteiger partial charge on any atom is 0.410 e. The number of carbonyl (C=O) groups excluding carboxylic acids is 5. The molecule has 0 fully saturated rings. The van der Waals surface area contributed by atoms with Gasteiger partial charge in [-0.2, -0.15) is 9.59 Å². The maximum atomic E-state index is 14.0. The van der Waals surface area contributed by atoms with Gasteiger partial charge in [-0.25, -0.2) is 4.79 Å². The Morgan fingerprint density at radius 2 is 1.84 bits per heavy atom. The van der Waals surface area contributed by atoms with E-state index in [2.05, 4.69) is 21.2 Å². The van der Waals surface area contributed by atoms with Crippen molar-refractivity contribution in [3.63, 3.8) is 0 Å². The van der Waals surface area contributed by atoms with Gasteiger partial charge in [0, 0.05) is 17.1 Å². The Balaban J connectivity index is 0.00000162. The van der Waals surface area contributed by atoms with Gasteiger partial charge in [0.25, 0.3) is 5.91 Å². The summed E-state index contributed by atoms with van der Waals surface area (Å²) in [6, 6.07) is 15.1. The van der Waals surface area contributed by atoms with E-state index >= 15 is 0 Å².